The second-order valence-electron chi connectivity index (χ2n) is 7.40. The van der Waals surface area contributed by atoms with Crippen molar-refractivity contribution < 1.29 is 4.79 Å². The van der Waals surface area contributed by atoms with E-state index in [1.807, 2.05) is 54.6 Å². The van der Waals surface area contributed by atoms with Crippen LogP contribution in [0.3, 0.4) is 0 Å². The highest BCUT2D eigenvalue weighted by Gasteiger charge is 2.17. The molecule has 3 aromatic heterocycles. The van der Waals surface area contributed by atoms with Crippen molar-refractivity contribution in [2.45, 2.75) is 6.42 Å². The number of hydrogen-bond donors (Lipinski definition) is 2. The minimum absolute atomic E-state index is 0.448. The van der Waals surface area contributed by atoms with E-state index in [0.717, 1.165) is 49.5 Å². The van der Waals surface area contributed by atoms with Gasteiger partial charge >= 0.3 is 0 Å². The monoisotopic (exact) mass is 483 g/mol. The predicted octanol–water partition coefficient (Wildman–Crippen LogP) is 5.14. The van der Waals surface area contributed by atoms with Crippen LogP contribution in [0.4, 0.5) is 0 Å². The predicted molar refractivity (Wildman–Crippen MR) is 128 cm³/mol. The van der Waals surface area contributed by atoms with Crippen LogP contribution in [0.25, 0.3) is 33.5 Å². The van der Waals surface area contributed by atoms with E-state index in [1.54, 1.807) is 18.3 Å². The van der Waals surface area contributed by atoms with Crippen molar-refractivity contribution in [2.24, 2.45) is 5.73 Å². The van der Waals surface area contributed by atoms with Crippen LogP contribution in [0.5, 0.6) is 0 Å². The molecule has 0 bridgehead atoms. The van der Waals surface area contributed by atoms with E-state index in [1.165, 1.54) is 0 Å². The number of primary amides is 1. The number of hydrogen-bond acceptors (Lipinski definition) is 4. The lowest BCUT2D eigenvalue weighted by atomic mass is 10.1. The molecule has 2 aromatic carbocycles. The normalized spacial score (nSPS) is 11.0. The maximum Gasteiger partial charge on any atom is 0.248 e. The minimum atomic E-state index is -0.448. The molecule has 3 N–H and O–H groups in total. The van der Waals surface area contributed by atoms with Gasteiger partial charge in [-0.1, -0.05) is 30.3 Å². The van der Waals surface area contributed by atoms with E-state index in [4.69, 9.17) is 10.7 Å². The molecule has 0 aliphatic carbocycles. The molecule has 0 aliphatic heterocycles. The van der Waals surface area contributed by atoms with Gasteiger partial charge in [-0.2, -0.15) is 0 Å². The van der Waals surface area contributed by atoms with Crippen molar-refractivity contribution in [2.75, 3.05) is 0 Å². The molecule has 0 unspecified atom stereocenters. The van der Waals surface area contributed by atoms with Gasteiger partial charge in [-0.15, -0.1) is 0 Å². The van der Waals surface area contributed by atoms with Gasteiger partial charge in [0.25, 0.3) is 0 Å². The Bertz CT molecular complexity index is 1460. The lowest BCUT2D eigenvalue weighted by Crippen LogP contribution is -2.11. The number of imidazole rings is 1. The summed E-state index contributed by atoms with van der Waals surface area (Å²) in [4.78, 5) is 28.9. The van der Waals surface area contributed by atoms with Crippen molar-refractivity contribution in [3.63, 3.8) is 0 Å². The fraction of sp³-hybridized carbons (Fsp3) is 0.0400. The Labute approximate surface area is 192 Å². The number of nitrogens with two attached hydrogens (primary N) is 1. The first-order valence-corrected chi connectivity index (χ1v) is 10.8. The van der Waals surface area contributed by atoms with Crippen LogP contribution in [0.2, 0.25) is 0 Å². The Hall–Kier alpha value is -3.84. The summed E-state index contributed by atoms with van der Waals surface area (Å²) in [5.41, 5.74) is 11.2. The molecule has 5 rings (SSSR count). The third-order valence-corrected chi connectivity index (χ3v) is 5.63. The van der Waals surface area contributed by atoms with Crippen LogP contribution >= 0.6 is 15.9 Å². The smallest absolute Gasteiger partial charge is 0.248 e. The summed E-state index contributed by atoms with van der Waals surface area (Å²) >= 11 is 3.46. The van der Waals surface area contributed by atoms with Gasteiger partial charge in [0.05, 0.1) is 22.6 Å². The molecule has 0 atom stereocenters. The van der Waals surface area contributed by atoms with Crippen LogP contribution in [-0.2, 0) is 6.42 Å². The molecular formula is C25H18BrN5O. The molecule has 3 heterocycles. The highest BCUT2D eigenvalue weighted by molar-refractivity contribution is 9.10. The second-order valence-corrected chi connectivity index (χ2v) is 8.22. The van der Waals surface area contributed by atoms with E-state index in [2.05, 4.69) is 36.9 Å². The van der Waals surface area contributed by atoms with E-state index >= 15 is 0 Å². The number of H-pyrrole nitrogens is 1. The first-order valence-electron chi connectivity index (χ1n) is 10.0. The van der Waals surface area contributed by atoms with Gasteiger partial charge in [0, 0.05) is 29.1 Å². The summed E-state index contributed by atoms with van der Waals surface area (Å²) in [6.07, 6.45) is 2.31. The molecule has 0 saturated heterocycles. The minimum Gasteiger partial charge on any atom is -0.366 e. The molecule has 0 fully saturated rings. The quantitative estimate of drug-likeness (QED) is 0.338. The van der Waals surface area contributed by atoms with Crippen molar-refractivity contribution in [3.05, 3.63) is 101 Å². The van der Waals surface area contributed by atoms with E-state index in [-0.39, 0.29) is 0 Å². The summed E-state index contributed by atoms with van der Waals surface area (Å²) in [5.74, 6) is 0.320. The Morgan fingerprint density at radius 2 is 1.84 bits per heavy atom. The largest absolute Gasteiger partial charge is 0.366 e. The van der Waals surface area contributed by atoms with Crippen LogP contribution in [-0.4, -0.2) is 25.8 Å². The summed E-state index contributed by atoms with van der Waals surface area (Å²) in [5, 5.41) is 1.04. The number of rotatable bonds is 5. The first kappa shape index (κ1) is 20.1. The molecule has 0 aliphatic rings. The van der Waals surface area contributed by atoms with Gasteiger partial charge in [0.15, 0.2) is 0 Å². The number of pyridine rings is 2. The molecule has 6 nitrogen and oxygen atoms in total. The SMILES string of the molecule is NC(=O)c1cccc(Cc2nc(-c3ccc4ncccc4c3)c(-c3cccc(Br)n3)[nH]2)c1. The molecule has 7 heteroatoms. The lowest BCUT2D eigenvalue weighted by molar-refractivity contribution is 0.1000. The van der Waals surface area contributed by atoms with Crippen molar-refractivity contribution in [3.8, 4) is 22.6 Å². The first-order chi connectivity index (χ1) is 15.6. The topological polar surface area (TPSA) is 97.6 Å². The molecule has 0 saturated carbocycles. The number of benzene rings is 2. The highest BCUT2D eigenvalue weighted by atomic mass is 79.9. The third kappa shape index (κ3) is 4.02. The number of nitrogens with one attached hydrogen (secondary N) is 1. The van der Waals surface area contributed by atoms with Gasteiger partial charge in [-0.3, -0.25) is 9.78 Å². The summed E-state index contributed by atoms with van der Waals surface area (Å²) < 4.78 is 0.744. The third-order valence-electron chi connectivity index (χ3n) is 5.18. The van der Waals surface area contributed by atoms with Crippen LogP contribution in [0, 0.1) is 0 Å². The maximum absolute atomic E-state index is 11.6. The Kier molecular flexibility index (Phi) is 5.25. The molecular weight excluding hydrogens is 466 g/mol. The fourth-order valence-corrected chi connectivity index (χ4v) is 4.04. The number of carbonyl (C=O) groups excluding carboxylic acids is 1. The van der Waals surface area contributed by atoms with Crippen LogP contribution < -0.4 is 5.73 Å². The zero-order chi connectivity index (χ0) is 22.1. The zero-order valence-electron chi connectivity index (χ0n) is 16.9. The Morgan fingerprint density at radius 3 is 2.69 bits per heavy atom. The second kappa shape index (κ2) is 8.36. The van der Waals surface area contributed by atoms with Crippen molar-refractivity contribution in [1.29, 1.82) is 0 Å². The standard InChI is InChI=1S/C25H18BrN5O/c26-21-8-2-7-20(29-21)24-23(17-9-10-19-16(14-17)6-3-11-28-19)30-22(31-24)13-15-4-1-5-18(12-15)25(27)32/h1-12,14H,13H2,(H2,27,32)(H,30,31). The average molecular weight is 484 g/mol. The zero-order valence-corrected chi connectivity index (χ0v) is 18.5. The van der Waals surface area contributed by atoms with Crippen LogP contribution in [0.15, 0.2) is 83.6 Å². The van der Waals surface area contributed by atoms with E-state index < -0.39 is 5.91 Å². The summed E-state index contributed by atoms with van der Waals surface area (Å²) in [7, 11) is 0. The number of aromatic amines is 1. The molecule has 1 amide bonds. The van der Waals surface area contributed by atoms with E-state index in [9.17, 15) is 4.79 Å². The Balaban J connectivity index is 1.62. The summed E-state index contributed by atoms with van der Waals surface area (Å²) in [6.45, 7) is 0. The molecule has 5 aromatic rings. The fourth-order valence-electron chi connectivity index (χ4n) is 3.70. The molecule has 0 spiro atoms. The number of carbonyl (C=O) groups is 1. The number of halogens is 1. The number of fused-ring (bicyclic) bond motifs is 1. The number of aromatic nitrogens is 4. The van der Waals surface area contributed by atoms with Crippen LogP contribution in [0.1, 0.15) is 21.7 Å². The van der Waals surface area contributed by atoms with Gasteiger partial charge in [-0.25, -0.2) is 9.97 Å². The van der Waals surface area contributed by atoms with Gasteiger partial charge < -0.3 is 10.7 Å². The van der Waals surface area contributed by atoms with Crippen molar-refractivity contribution in [1.82, 2.24) is 19.9 Å². The molecule has 0 radical (unpaired) electrons. The van der Waals surface area contributed by atoms with Crippen molar-refractivity contribution >= 4 is 32.7 Å². The lowest BCUT2D eigenvalue weighted by Gasteiger charge is -2.04. The summed E-state index contributed by atoms with van der Waals surface area (Å²) in [6, 6.07) is 23.1. The molecule has 156 valence electrons. The molecule has 32 heavy (non-hydrogen) atoms. The number of amides is 1. The van der Waals surface area contributed by atoms with Gasteiger partial charge in [-0.05, 0) is 64.0 Å². The highest BCUT2D eigenvalue weighted by Crippen LogP contribution is 2.32. The number of nitrogens with zero attached hydrogens (tertiary/aromatic N) is 3. The van der Waals surface area contributed by atoms with E-state index in [0.29, 0.717) is 12.0 Å². The van der Waals surface area contributed by atoms with Gasteiger partial charge in [0.2, 0.25) is 5.91 Å². The average Bonchev–Trinajstić information content (AvgIpc) is 3.22. The maximum atomic E-state index is 11.6. The van der Waals surface area contributed by atoms with Gasteiger partial charge in [0.1, 0.15) is 10.4 Å². The Morgan fingerprint density at radius 1 is 0.969 bits per heavy atom.